The smallest absolute Gasteiger partial charge is 0.416 e. The second kappa shape index (κ2) is 8.43. The van der Waals surface area contributed by atoms with Crippen LogP contribution in [0, 0.1) is 13.8 Å². The third-order valence-electron chi connectivity index (χ3n) is 5.07. The maximum absolute atomic E-state index is 13.0. The zero-order valence-corrected chi connectivity index (χ0v) is 18.5. The first kappa shape index (κ1) is 22.7. The lowest BCUT2D eigenvalue weighted by Crippen LogP contribution is -2.16. The molecule has 4 rings (SSSR count). The van der Waals surface area contributed by atoms with Gasteiger partial charge in [0.15, 0.2) is 0 Å². The van der Waals surface area contributed by atoms with Crippen LogP contribution in [0.3, 0.4) is 0 Å². The summed E-state index contributed by atoms with van der Waals surface area (Å²) >= 11 is 6.04. The Hall–Kier alpha value is -3.53. The normalized spacial score (nSPS) is 11.7. The van der Waals surface area contributed by atoms with Gasteiger partial charge in [-0.25, -0.2) is 4.98 Å². The third kappa shape index (κ3) is 4.51. The molecular formula is C22H18ClF3N4O3. The molecule has 1 N–H and O–H groups in total. The number of ether oxygens (including phenoxy) is 1. The first-order valence-corrected chi connectivity index (χ1v) is 10.1. The van der Waals surface area contributed by atoms with Crippen LogP contribution in [0.15, 0.2) is 40.9 Å². The molecule has 2 aromatic carbocycles. The number of anilines is 1. The van der Waals surface area contributed by atoms with Crippen molar-refractivity contribution in [3.63, 3.8) is 0 Å². The van der Waals surface area contributed by atoms with E-state index in [1.54, 1.807) is 35.8 Å². The van der Waals surface area contributed by atoms with Crippen LogP contribution in [-0.2, 0) is 17.4 Å². The molecule has 172 valence electrons. The molecule has 2 heterocycles. The fraction of sp³-hybridized carbons (Fsp3) is 0.227. The van der Waals surface area contributed by atoms with E-state index >= 15 is 0 Å². The summed E-state index contributed by atoms with van der Waals surface area (Å²) in [5.74, 6) is 0.950. The molecule has 4 aromatic rings. The molecule has 0 aliphatic rings. The Morgan fingerprint density at radius 2 is 2.00 bits per heavy atom. The molecule has 0 radical (unpaired) electrons. The minimum Gasteiger partial charge on any atom is -0.496 e. The van der Waals surface area contributed by atoms with Crippen molar-refractivity contribution in [2.75, 3.05) is 12.4 Å². The number of halogens is 4. The van der Waals surface area contributed by atoms with Crippen molar-refractivity contribution >= 4 is 28.9 Å². The highest BCUT2D eigenvalue weighted by molar-refractivity contribution is 6.31. The van der Waals surface area contributed by atoms with Crippen molar-refractivity contribution in [2.45, 2.75) is 26.4 Å². The van der Waals surface area contributed by atoms with Crippen molar-refractivity contribution in [3.05, 3.63) is 64.1 Å². The van der Waals surface area contributed by atoms with E-state index in [1.807, 2.05) is 0 Å². The number of carbonyl (C=O) groups excluding carboxylic acids is 1. The lowest BCUT2D eigenvalue weighted by Gasteiger charge is -2.14. The van der Waals surface area contributed by atoms with E-state index in [0.29, 0.717) is 40.0 Å². The summed E-state index contributed by atoms with van der Waals surface area (Å²) in [4.78, 5) is 16.7. The average Bonchev–Trinajstić information content (AvgIpc) is 3.31. The van der Waals surface area contributed by atoms with Crippen molar-refractivity contribution < 1.29 is 27.1 Å². The minimum absolute atomic E-state index is 0.115. The molecule has 0 atom stereocenters. The van der Waals surface area contributed by atoms with Crippen molar-refractivity contribution in [1.82, 2.24) is 14.6 Å². The molecule has 33 heavy (non-hydrogen) atoms. The minimum atomic E-state index is -4.52. The molecule has 2 aromatic heterocycles. The van der Waals surface area contributed by atoms with E-state index in [-0.39, 0.29) is 17.0 Å². The van der Waals surface area contributed by atoms with Gasteiger partial charge in [0.05, 0.1) is 30.9 Å². The van der Waals surface area contributed by atoms with Gasteiger partial charge in [0.25, 0.3) is 0 Å². The fourth-order valence-electron chi connectivity index (χ4n) is 3.40. The Kier molecular flexibility index (Phi) is 5.79. The number of amides is 1. The summed E-state index contributed by atoms with van der Waals surface area (Å²) < 4.78 is 51.5. The standard InChI is InChI=1S/C22H18ClF3N4O3/c1-11-6-13(22(24,25)26)7-17(23)16(11)9-19(31)28-14-4-5-15(18(8-14)32-3)21-29-30-12(2)27-10-20(30)33-21/h4-8,10H,9H2,1-3H3,(H,28,31). The number of carbonyl (C=O) groups is 1. The number of nitrogens with zero attached hydrogens (tertiary/aromatic N) is 3. The van der Waals surface area contributed by atoms with Crippen LogP contribution in [0.2, 0.25) is 5.02 Å². The zero-order chi connectivity index (χ0) is 23.9. The molecule has 0 saturated carbocycles. The van der Waals surface area contributed by atoms with E-state index in [1.165, 1.54) is 14.0 Å². The molecule has 0 unspecified atom stereocenters. The van der Waals surface area contributed by atoms with Gasteiger partial charge in [-0.2, -0.15) is 17.7 Å². The number of hydrogen-bond donors (Lipinski definition) is 1. The van der Waals surface area contributed by atoms with Gasteiger partial charge in [0, 0.05) is 16.8 Å². The molecule has 0 aliphatic carbocycles. The number of aryl methyl sites for hydroxylation is 2. The van der Waals surface area contributed by atoms with E-state index in [4.69, 9.17) is 20.8 Å². The Bertz CT molecular complexity index is 1340. The fourth-order valence-corrected chi connectivity index (χ4v) is 3.73. The zero-order valence-electron chi connectivity index (χ0n) is 17.7. The molecule has 7 nitrogen and oxygen atoms in total. The van der Waals surface area contributed by atoms with Crippen molar-refractivity contribution in [1.29, 1.82) is 0 Å². The van der Waals surface area contributed by atoms with Crippen LogP contribution < -0.4 is 10.1 Å². The predicted octanol–water partition coefficient (Wildman–Crippen LogP) is 5.47. The quantitative estimate of drug-likeness (QED) is 0.411. The highest BCUT2D eigenvalue weighted by Gasteiger charge is 2.31. The van der Waals surface area contributed by atoms with Crippen LogP contribution >= 0.6 is 11.6 Å². The summed E-state index contributed by atoms with van der Waals surface area (Å²) in [6.45, 7) is 3.27. The summed E-state index contributed by atoms with van der Waals surface area (Å²) in [7, 11) is 1.47. The van der Waals surface area contributed by atoms with Gasteiger partial charge in [-0.05, 0) is 49.2 Å². The van der Waals surface area contributed by atoms with E-state index in [2.05, 4.69) is 15.4 Å². The van der Waals surface area contributed by atoms with Gasteiger partial charge >= 0.3 is 6.18 Å². The van der Waals surface area contributed by atoms with Gasteiger partial charge in [0.1, 0.15) is 11.6 Å². The second-order valence-electron chi connectivity index (χ2n) is 7.35. The Balaban J connectivity index is 1.54. The Morgan fingerprint density at radius 3 is 2.64 bits per heavy atom. The monoisotopic (exact) mass is 478 g/mol. The molecule has 0 bridgehead atoms. The van der Waals surface area contributed by atoms with Gasteiger partial charge in [-0.3, -0.25) is 4.79 Å². The summed E-state index contributed by atoms with van der Waals surface area (Å²) in [6.07, 6.45) is -3.15. The molecule has 0 fully saturated rings. The van der Waals surface area contributed by atoms with E-state index in [9.17, 15) is 18.0 Å². The SMILES string of the molecule is COc1cc(NC(=O)Cc2c(C)cc(C(F)(F)F)cc2Cl)ccc1-c1nn2c(C)ncc2o1. The van der Waals surface area contributed by atoms with Gasteiger partial charge in [-0.1, -0.05) is 11.6 Å². The third-order valence-corrected chi connectivity index (χ3v) is 5.41. The first-order chi connectivity index (χ1) is 15.6. The lowest BCUT2D eigenvalue weighted by atomic mass is 10.0. The number of nitrogens with one attached hydrogen (secondary N) is 1. The van der Waals surface area contributed by atoms with Crippen molar-refractivity contribution in [2.24, 2.45) is 0 Å². The highest BCUT2D eigenvalue weighted by atomic mass is 35.5. The number of aromatic nitrogens is 3. The number of imidazole rings is 1. The van der Waals surface area contributed by atoms with Crippen LogP contribution in [0.5, 0.6) is 5.75 Å². The summed E-state index contributed by atoms with van der Waals surface area (Å²) in [5.41, 5.74) is 1.22. The second-order valence-corrected chi connectivity index (χ2v) is 7.76. The van der Waals surface area contributed by atoms with Crippen molar-refractivity contribution in [3.8, 4) is 17.2 Å². The molecule has 1 amide bonds. The van der Waals surface area contributed by atoms with Gasteiger partial charge in [0.2, 0.25) is 17.5 Å². The number of benzene rings is 2. The van der Waals surface area contributed by atoms with E-state index < -0.39 is 17.6 Å². The molecule has 0 spiro atoms. The highest BCUT2D eigenvalue weighted by Crippen LogP contribution is 2.35. The average molecular weight is 479 g/mol. The van der Waals surface area contributed by atoms with Crippen LogP contribution in [0.25, 0.3) is 17.2 Å². The number of alkyl halides is 3. The summed E-state index contributed by atoms with van der Waals surface area (Å²) in [6, 6.07) is 6.71. The molecule has 11 heteroatoms. The predicted molar refractivity (Wildman–Crippen MR) is 116 cm³/mol. The molecular weight excluding hydrogens is 461 g/mol. The number of hydrogen-bond acceptors (Lipinski definition) is 5. The number of methoxy groups -OCH3 is 1. The van der Waals surface area contributed by atoms with Crippen LogP contribution in [-0.4, -0.2) is 27.6 Å². The maximum atomic E-state index is 13.0. The largest absolute Gasteiger partial charge is 0.496 e. The topological polar surface area (TPSA) is 81.7 Å². The number of fused-ring (bicyclic) bond motifs is 1. The first-order valence-electron chi connectivity index (χ1n) is 9.72. The molecule has 0 aliphatic heterocycles. The Morgan fingerprint density at radius 1 is 1.24 bits per heavy atom. The lowest BCUT2D eigenvalue weighted by molar-refractivity contribution is -0.137. The van der Waals surface area contributed by atoms with Crippen LogP contribution in [0.1, 0.15) is 22.5 Å². The van der Waals surface area contributed by atoms with Gasteiger partial charge in [-0.15, -0.1) is 5.10 Å². The van der Waals surface area contributed by atoms with E-state index in [0.717, 1.165) is 12.1 Å². The Labute approximate surface area is 191 Å². The summed E-state index contributed by atoms with van der Waals surface area (Å²) in [5, 5.41) is 6.96. The maximum Gasteiger partial charge on any atom is 0.416 e. The van der Waals surface area contributed by atoms with Crippen LogP contribution in [0.4, 0.5) is 18.9 Å². The number of rotatable bonds is 5. The molecule has 0 saturated heterocycles. The van der Waals surface area contributed by atoms with Gasteiger partial charge < -0.3 is 14.5 Å².